The molecular formula is C21H14NO4-. The largest absolute Gasteiger partial charge is 0.870 e. The van der Waals surface area contributed by atoms with Crippen LogP contribution in [0.5, 0.6) is 11.5 Å². The molecule has 0 atom stereocenters. The summed E-state index contributed by atoms with van der Waals surface area (Å²) in [6, 6.07) is 17.5. The lowest BCUT2D eigenvalue weighted by Crippen LogP contribution is -2.01. The third-order valence-electron chi connectivity index (χ3n) is 4.39. The molecule has 0 fully saturated rings. The highest BCUT2D eigenvalue weighted by Gasteiger charge is 2.15. The number of nitrogens with zero attached hydrogens (tertiary/aromatic N) is 1. The van der Waals surface area contributed by atoms with Crippen LogP contribution in [0.2, 0.25) is 0 Å². The third-order valence-corrected chi connectivity index (χ3v) is 4.39. The Morgan fingerprint density at radius 1 is 1.08 bits per heavy atom. The summed E-state index contributed by atoms with van der Waals surface area (Å²) >= 11 is 0. The molecule has 26 heavy (non-hydrogen) atoms. The average molecular weight is 344 g/mol. The number of fused-ring (bicyclic) bond motifs is 3. The first kappa shape index (κ1) is 15.9. The average Bonchev–Trinajstić information content (AvgIpc) is 2.67. The van der Waals surface area contributed by atoms with Crippen LogP contribution in [0, 0.1) is 0 Å². The fraction of sp³-hybridized carbons (Fsp3) is 0.0476. The topological polar surface area (TPSA) is 82.5 Å². The number of methoxy groups -OCH3 is 1. The number of aromatic carboxylic acids is 1. The van der Waals surface area contributed by atoms with Crippen molar-refractivity contribution in [3.8, 4) is 22.8 Å². The molecule has 0 radical (unpaired) electrons. The van der Waals surface area contributed by atoms with Crippen molar-refractivity contribution in [2.45, 2.75) is 0 Å². The summed E-state index contributed by atoms with van der Waals surface area (Å²) in [7, 11) is 1.42. The molecule has 0 saturated carbocycles. The van der Waals surface area contributed by atoms with Gasteiger partial charge < -0.3 is 14.9 Å². The van der Waals surface area contributed by atoms with Gasteiger partial charge in [-0.25, -0.2) is 9.78 Å². The molecule has 1 N–H and O–H groups in total. The lowest BCUT2D eigenvalue weighted by atomic mass is 9.98. The highest BCUT2D eigenvalue weighted by molar-refractivity contribution is 6.15. The van der Waals surface area contributed by atoms with Crippen molar-refractivity contribution in [3.63, 3.8) is 0 Å². The van der Waals surface area contributed by atoms with Gasteiger partial charge >= 0.3 is 5.97 Å². The van der Waals surface area contributed by atoms with E-state index in [0.29, 0.717) is 22.2 Å². The van der Waals surface area contributed by atoms with Crippen LogP contribution in [0.25, 0.3) is 32.9 Å². The molecule has 5 nitrogen and oxygen atoms in total. The molecule has 0 amide bonds. The van der Waals surface area contributed by atoms with Gasteiger partial charge in [-0.15, -0.1) is 0 Å². The van der Waals surface area contributed by atoms with E-state index in [4.69, 9.17) is 4.74 Å². The van der Waals surface area contributed by atoms with Gasteiger partial charge in [0.1, 0.15) is 5.75 Å². The number of carboxylic acids is 1. The van der Waals surface area contributed by atoms with Gasteiger partial charge in [0.25, 0.3) is 0 Å². The molecule has 0 bridgehead atoms. The molecule has 1 heterocycles. The minimum atomic E-state index is -1.03. The van der Waals surface area contributed by atoms with Crippen molar-refractivity contribution in [1.82, 2.24) is 4.98 Å². The first-order valence-corrected chi connectivity index (χ1v) is 7.99. The zero-order chi connectivity index (χ0) is 18.3. The van der Waals surface area contributed by atoms with Crippen molar-refractivity contribution in [3.05, 3.63) is 66.2 Å². The molecule has 0 spiro atoms. The van der Waals surface area contributed by atoms with Crippen LogP contribution < -0.4 is 9.84 Å². The molecule has 128 valence electrons. The van der Waals surface area contributed by atoms with Crippen LogP contribution in [0.4, 0.5) is 0 Å². The van der Waals surface area contributed by atoms with E-state index in [2.05, 4.69) is 4.98 Å². The van der Waals surface area contributed by atoms with Gasteiger partial charge in [0, 0.05) is 10.9 Å². The Morgan fingerprint density at radius 2 is 1.88 bits per heavy atom. The summed E-state index contributed by atoms with van der Waals surface area (Å²) < 4.78 is 5.07. The lowest BCUT2D eigenvalue weighted by Gasteiger charge is -2.14. The van der Waals surface area contributed by atoms with Crippen LogP contribution in [0.15, 0.2) is 60.7 Å². The second kappa shape index (κ2) is 6.04. The van der Waals surface area contributed by atoms with Crippen molar-refractivity contribution in [1.29, 1.82) is 0 Å². The van der Waals surface area contributed by atoms with Crippen molar-refractivity contribution < 1.29 is 19.7 Å². The fourth-order valence-corrected chi connectivity index (χ4v) is 3.15. The minimum absolute atomic E-state index is 0.173. The van der Waals surface area contributed by atoms with Crippen molar-refractivity contribution in [2.75, 3.05) is 7.11 Å². The fourth-order valence-electron chi connectivity index (χ4n) is 3.15. The molecule has 0 unspecified atom stereocenters. The van der Waals surface area contributed by atoms with E-state index in [1.54, 1.807) is 12.1 Å². The van der Waals surface area contributed by atoms with E-state index in [-0.39, 0.29) is 17.1 Å². The SMILES string of the molecule is COc1cc(-c2cc(C(=O)O)c3c(ccc4ccccc43)n2)ccc1[O-]. The van der Waals surface area contributed by atoms with Crippen molar-refractivity contribution >= 4 is 27.6 Å². The van der Waals surface area contributed by atoms with Crippen LogP contribution in [0.3, 0.4) is 0 Å². The number of benzene rings is 3. The molecule has 4 aromatic rings. The molecule has 0 aliphatic heterocycles. The van der Waals surface area contributed by atoms with Crippen LogP contribution in [-0.2, 0) is 0 Å². The summed E-state index contributed by atoms with van der Waals surface area (Å²) in [6.07, 6.45) is 0. The van der Waals surface area contributed by atoms with Gasteiger partial charge in [-0.1, -0.05) is 48.2 Å². The summed E-state index contributed by atoms with van der Waals surface area (Å²) in [5.74, 6) is -1.07. The van der Waals surface area contributed by atoms with Gasteiger partial charge in [-0.3, -0.25) is 0 Å². The summed E-state index contributed by atoms with van der Waals surface area (Å²) in [4.78, 5) is 16.5. The van der Waals surface area contributed by atoms with Crippen LogP contribution >= 0.6 is 0 Å². The predicted molar refractivity (Wildman–Crippen MR) is 97.6 cm³/mol. The third kappa shape index (κ3) is 2.50. The second-order valence-electron chi connectivity index (χ2n) is 5.91. The Bertz CT molecular complexity index is 1170. The zero-order valence-corrected chi connectivity index (χ0v) is 13.9. The second-order valence-corrected chi connectivity index (χ2v) is 5.91. The normalized spacial score (nSPS) is 11.0. The maximum Gasteiger partial charge on any atom is 0.336 e. The number of carbonyl (C=O) groups is 1. The molecular weight excluding hydrogens is 330 g/mol. The number of ether oxygens (including phenoxy) is 1. The van der Waals surface area contributed by atoms with E-state index in [1.807, 2.05) is 36.4 Å². The Hall–Kier alpha value is -3.60. The number of rotatable bonds is 3. The number of pyridine rings is 1. The van der Waals surface area contributed by atoms with Gasteiger partial charge in [-0.2, -0.15) is 0 Å². The highest BCUT2D eigenvalue weighted by Crippen LogP contribution is 2.33. The maximum atomic E-state index is 11.9. The predicted octanol–water partition coefficient (Wildman–Crippen LogP) is 3.84. The monoisotopic (exact) mass is 344 g/mol. The number of aromatic nitrogens is 1. The molecule has 5 heteroatoms. The molecule has 3 aromatic carbocycles. The van der Waals surface area contributed by atoms with E-state index >= 15 is 0 Å². The maximum absolute atomic E-state index is 11.9. The van der Waals surface area contributed by atoms with Gasteiger partial charge in [0.05, 0.1) is 23.9 Å². The standard InChI is InChI=1S/C21H15NO4/c1-26-19-10-13(7-9-18(19)23)17-11-15(21(24)25)20-14-5-3-2-4-12(14)6-8-16(20)22-17/h2-11,23H,1H3,(H,24,25)/p-1. The summed E-state index contributed by atoms with van der Waals surface area (Å²) in [5, 5.41) is 23.9. The number of hydrogen-bond donors (Lipinski definition) is 1. The van der Waals surface area contributed by atoms with Crippen LogP contribution in [-0.4, -0.2) is 23.2 Å². The zero-order valence-electron chi connectivity index (χ0n) is 13.9. The van der Waals surface area contributed by atoms with Crippen LogP contribution in [0.1, 0.15) is 10.4 Å². The Balaban J connectivity index is 2.04. The summed E-state index contributed by atoms with van der Waals surface area (Å²) in [5.41, 5.74) is 1.86. The molecule has 0 saturated heterocycles. The quantitative estimate of drug-likeness (QED) is 0.571. The lowest BCUT2D eigenvalue weighted by molar-refractivity contribution is -0.270. The Kier molecular flexibility index (Phi) is 3.69. The number of carboxylic acid groups (broad SMARTS) is 1. The van der Waals surface area contributed by atoms with E-state index < -0.39 is 5.97 Å². The van der Waals surface area contributed by atoms with Crippen molar-refractivity contribution in [2.24, 2.45) is 0 Å². The first-order chi connectivity index (χ1) is 12.6. The molecule has 4 rings (SSSR count). The molecule has 0 aliphatic carbocycles. The molecule has 0 aliphatic rings. The summed E-state index contributed by atoms with van der Waals surface area (Å²) in [6.45, 7) is 0. The van der Waals surface area contributed by atoms with Gasteiger partial charge in [0.15, 0.2) is 0 Å². The minimum Gasteiger partial charge on any atom is -0.870 e. The van der Waals surface area contributed by atoms with Gasteiger partial charge in [-0.05, 0) is 29.0 Å². The van der Waals surface area contributed by atoms with Gasteiger partial charge in [0.2, 0.25) is 0 Å². The van der Waals surface area contributed by atoms with E-state index in [0.717, 1.165) is 10.8 Å². The van der Waals surface area contributed by atoms with E-state index in [1.165, 1.54) is 19.2 Å². The Labute approximate surface area is 149 Å². The Morgan fingerprint density at radius 3 is 2.65 bits per heavy atom. The highest BCUT2D eigenvalue weighted by atomic mass is 16.5. The smallest absolute Gasteiger partial charge is 0.336 e. The number of hydrogen-bond acceptors (Lipinski definition) is 4. The molecule has 1 aromatic heterocycles. The first-order valence-electron chi connectivity index (χ1n) is 7.99. The van der Waals surface area contributed by atoms with E-state index in [9.17, 15) is 15.0 Å².